The Hall–Kier alpha value is -2.79. The molecule has 0 aliphatic rings. The van der Waals surface area contributed by atoms with Crippen molar-refractivity contribution < 1.29 is 0 Å². The number of imidazole rings is 1. The smallest absolute Gasteiger partial charge is 0.101 e. The predicted octanol–water partition coefficient (Wildman–Crippen LogP) is 1.77. The van der Waals surface area contributed by atoms with Gasteiger partial charge in [0.1, 0.15) is 12.1 Å². The van der Waals surface area contributed by atoms with Crippen molar-refractivity contribution in [3.05, 3.63) is 47.5 Å². The molecule has 0 fully saturated rings. The van der Waals surface area contributed by atoms with E-state index in [-0.39, 0.29) is 0 Å². The first-order valence-corrected chi connectivity index (χ1v) is 4.99. The van der Waals surface area contributed by atoms with Crippen LogP contribution in [0.1, 0.15) is 16.8 Å². The first kappa shape index (κ1) is 10.7. The van der Waals surface area contributed by atoms with Crippen molar-refractivity contribution in [2.45, 2.75) is 6.54 Å². The largest absolute Gasteiger partial charge is 0.379 e. The molecule has 0 atom stereocenters. The highest BCUT2D eigenvalue weighted by atomic mass is 14.9. The van der Waals surface area contributed by atoms with E-state index in [1.165, 1.54) is 0 Å². The third-order valence-corrected chi connectivity index (χ3v) is 2.30. The number of hydrogen-bond acceptors (Lipinski definition) is 4. The molecule has 0 aliphatic heterocycles. The summed E-state index contributed by atoms with van der Waals surface area (Å²) in [6, 6.07) is 9.04. The van der Waals surface area contributed by atoms with E-state index in [0.717, 1.165) is 11.4 Å². The third-order valence-electron chi connectivity index (χ3n) is 2.30. The molecule has 2 aromatic rings. The molecular weight excluding hydrogens is 214 g/mol. The van der Waals surface area contributed by atoms with Crippen molar-refractivity contribution in [3.63, 3.8) is 0 Å². The zero-order valence-electron chi connectivity index (χ0n) is 8.94. The third kappa shape index (κ3) is 2.42. The standard InChI is InChI=1S/C12H9N5/c13-4-9-1-2-11(3-10(9)5-14)16-7-12-6-15-8-17-12/h1-3,6,8,16H,7H2,(H,15,17). The summed E-state index contributed by atoms with van der Waals surface area (Å²) in [6.45, 7) is 0.594. The number of nitrogens with one attached hydrogen (secondary N) is 2. The number of nitriles is 2. The average Bonchev–Trinajstić information content (AvgIpc) is 2.89. The van der Waals surface area contributed by atoms with Crippen molar-refractivity contribution in [2.24, 2.45) is 0 Å². The minimum atomic E-state index is 0.377. The van der Waals surface area contributed by atoms with E-state index in [1.807, 2.05) is 12.1 Å². The molecule has 1 heterocycles. The normalized spacial score (nSPS) is 9.29. The van der Waals surface area contributed by atoms with Crippen LogP contribution in [0.25, 0.3) is 0 Å². The van der Waals surface area contributed by atoms with Crippen LogP contribution in [-0.4, -0.2) is 9.97 Å². The van der Waals surface area contributed by atoms with Gasteiger partial charge in [0, 0.05) is 11.9 Å². The summed E-state index contributed by atoms with van der Waals surface area (Å²) < 4.78 is 0. The van der Waals surface area contributed by atoms with E-state index in [1.54, 1.807) is 30.7 Å². The molecule has 82 valence electrons. The zero-order chi connectivity index (χ0) is 12.1. The van der Waals surface area contributed by atoms with Crippen LogP contribution in [0.4, 0.5) is 5.69 Å². The molecule has 0 radical (unpaired) electrons. The summed E-state index contributed by atoms with van der Waals surface area (Å²) >= 11 is 0. The molecule has 0 unspecified atom stereocenters. The number of nitrogens with zero attached hydrogens (tertiary/aromatic N) is 3. The van der Waals surface area contributed by atoms with Crippen molar-refractivity contribution in [1.82, 2.24) is 9.97 Å². The molecule has 0 bridgehead atoms. The SMILES string of the molecule is N#Cc1ccc(NCc2cnc[nH]2)cc1C#N. The summed E-state index contributed by atoms with van der Waals surface area (Å²) in [5.41, 5.74) is 2.52. The Bertz CT molecular complexity index is 586. The summed E-state index contributed by atoms with van der Waals surface area (Å²) in [7, 11) is 0. The fourth-order valence-corrected chi connectivity index (χ4v) is 1.42. The Kier molecular flexibility index (Phi) is 3.04. The summed E-state index contributed by atoms with van der Waals surface area (Å²) in [6.07, 6.45) is 3.33. The van der Waals surface area contributed by atoms with E-state index in [0.29, 0.717) is 17.7 Å². The first-order chi connectivity index (χ1) is 8.33. The van der Waals surface area contributed by atoms with Crippen LogP contribution in [0, 0.1) is 22.7 Å². The van der Waals surface area contributed by atoms with Gasteiger partial charge in [-0.2, -0.15) is 10.5 Å². The molecule has 17 heavy (non-hydrogen) atoms. The molecule has 0 saturated carbocycles. The maximum atomic E-state index is 8.88. The van der Waals surface area contributed by atoms with Gasteiger partial charge in [-0.1, -0.05) is 0 Å². The lowest BCUT2D eigenvalue weighted by Gasteiger charge is -2.05. The molecule has 1 aromatic heterocycles. The lowest BCUT2D eigenvalue weighted by Crippen LogP contribution is -2.00. The first-order valence-electron chi connectivity index (χ1n) is 4.99. The van der Waals surface area contributed by atoms with Crippen LogP contribution in [0.2, 0.25) is 0 Å². The maximum absolute atomic E-state index is 8.88. The van der Waals surface area contributed by atoms with E-state index in [9.17, 15) is 0 Å². The van der Waals surface area contributed by atoms with E-state index < -0.39 is 0 Å². The van der Waals surface area contributed by atoms with Gasteiger partial charge in [0.25, 0.3) is 0 Å². The number of aromatic nitrogens is 2. The number of rotatable bonds is 3. The highest BCUT2D eigenvalue weighted by molar-refractivity contribution is 5.56. The zero-order valence-corrected chi connectivity index (χ0v) is 8.94. The fourth-order valence-electron chi connectivity index (χ4n) is 1.42. The summed E-state index contributed by atoms with van der Waals surface area (Å²) in [4.78, 5) is 6.87. The Labute approximate surface area is 98.3 Å². The molecule has 0 amide bonds. The highest BCUT2D eigenvalue weighted by Gasteiger charge is 2.02. The molecule has 0 aliphatic carbocycles. The second kappa shape index (κ2) is 4.82. The van der Waals surface area contributed by atoms with Crippen molar-refractivity contribution in [2.75, 3.05) is 5.32 Å². The van der Waals surface area contributed by atoms with Gasteiger partial charge in [-0.25, -0.2) is 4.98 Å². The molecule has 0 spiro atoms. The van der Waals surface area contributed by atoms with Gasteiger partial charge < -0.3 is 10.3 Å². The minimum Gasteiger partial charge on any atom is -0.379 e. The van der Waals surface area contributed by atoms with Gasteiger partial charge >= 0.3 is 0 Å². The molecule has 2 rings (SSSR count). The summed E-state index contributed by atoms with van der Waals surface area (Å²) in [5, 5.41) is 20.8. The van der Waals surface area contributed by atoms with Crippen LogP contribution >= 0.6 is 0 Å². The fraction of sp³-hybridized carbons (Fsp3) is 0.0833. The molecule has 0 saturated heterocycles. The Morgan fingerprint density at radius 2 is 2.06 bits per heavy atom. The van der Waals surface area contributed by atoms with Gasteiger partial charge in [-0.15, -0.1) is 0 Å². The van der Waals surface area contributed by atoms with Gasteiger partial charge in [0.05, 0.1) is 29.7 Å². The molecule has 1 aromatic carbocycles. The quantitative estimate of drug-likeness (QED) is 0.829. The van der Waals surface area contributed by atoms with Crippen LogP contribution in [0.15, 0.2) is 30.7 Å². The lowest BCUT2D eigenvalue weighted by molar-refractivity contribution is 1.07. The molecule has 2 N–H and O–H groups in total. The Balaban J connectivity index is 2.13. The molecular formula is C12H9N5. The number of H-pyrrole nitrogens is 1. The Morgan fingerprint density at radius 3 is 2.71 bits per heavy atom. The number of aromatic amines is 1. The topological polar surface area (TPSA) is 88.3 Å². The predicted molar refractivity (Wildman–Crippen MR) is 61.8 cm³/mol. The van der Waals surface area contributed by atoms with Crippen LogP contribution < -0.4 is 5.32 Å². The van der Waals surface area contributed by atoms with Crippen molar-refractivity contribution >= 4 is 5.69 Å². The van der Waals surface area contributed by atoms with Crippen molar-refractivity contribution in [3.8, 4) is 12.1 Å². The monoisotopic (exact) mass is 223 g/mol. The van der Waals surface area contributed by atoms with E-state index >= 15 is 0 Å². The summed E-state index contributed by atoms with van der Waals surface area (Å²) in [5.74, 6) is 0. The van der Waals surface area contributed by atoms with Gasteiger partial charge in [-0.05, 0) is 18.2 Å². The van der Waals surface area contributed by atoms with E-state index in [4.69, 9.17) is 10.5 Å². The Morgan fingerprint density at radius 1 is 1.24 bits per heavy atom. The van der Waals surface area contributed by atoms with Crippen LogP contribution in [0.5, 0.6) is 0 Å². The van der Waals surface area contributed by atoms with Crippen LogP contribution in [-0.2, 0) is 6.54 Å². The second-order valence-electron chi connectivity index (χ2n) is 3.41. The minimum absolute atomic E-state index is 0.377. The maximum Gasteiger partial charge on any atom is 0.101 e. The second-order valence-corrected chi connectivity index (χ2v) is 3.41. The van der Waals surface area contributed by atoms with Gasteiger partial charge in [-0.3, -0.25) is 0 Å². The van der Waals surface area contributed by atoms with Crippen LogP contribution in [0.3, 0.4) is 0 Å². The van der Waals surface area contributed by atoms with Gasteiger partial charge in [0.15, 0.2) is 0 Å². The number of hydrogen-bond donors (Lipinski definition) is 2. The number of anilines is 1. The highest BCUT2D eigenvalue weighted by Crippen LogP contribution is 2.15. The van der Waals surface area contributed by atoms with Crippen molar-refractivity contribution in [1.29, 1.82) is 10.5 Å². The molecule has 5 nitrogen and oxygen atoms in total. The molecule has 5 heteroatoms. The van der Waals surface area contributed by atoms with Gasteiger partial charge in [0.2, 0.25) is 0 Å². The number of benzene rings is 1. The average molecular weight is 223 g/mol. The van der Waals surface area contributed by atoms with E-state index in [2.05, 4.69) is 15.3 Å². The lowest BCUT2D eigenvalue weighted by atomic mass is 10.1.